The van der Waals surface area contributed by atoms with E-state index in [4.69, 9.17) is 9.47 Å². The number of anilines is 1. The SMILES string of the molecule is COC(CNc1c([N+](=O)[O-])cc([N+](=O)[O-])c2[nH]ccc12)OC. The summed E-state index contributed by atoms with van der Waals surface area (Å²) in [5.41, 5.74) is -0.354. The van der Waals surface area contributed by atoms with Gasteiger partial charge in [0.05, 0.1) is 22.5 Å². The predicted molar refractivity (Wildman–Crippen MR) is 77.9 cm³/mol. The standard InChI is InChI=1S/C12H14N4O6/c1-21-10(22-2)6-14-12-7-3-4-13-11(7)8(15(17)18)5-9(12)16(19)20/h3-5,10,13-14H,6H2,1-2H3. The summed E-state index contributed by atoms with van der Waals surface area (Å²) in [6.07, 6.45) is 0.875. The fourth-order valence-electron chi connectivity index (χ4n) is 2.12. The zero-order valence-corrected chi connectivity index (χ0v) is 11.9. The summed E-state index contributed by atoms with van der Waals surface area (Å²) in [7, 11) is 2.87. The van der Waals surface area contributed by atoms with Gasteiger partial charge in [0.15, 0.2) is 6.29 Å². The lowest BCUT2D eigenvalue weighted by Gasteiger charge is -2.15. The number of methoxy groups -OCH3 is 2. The van der Waals surface area contributed by atoms with Gasteiger partial charge in [-0.1, -0.05) is 0 Å². The molecule has 0 fully saturated rings. The van der Waals surface area contributed by atoms with Crippen molar-refractivity contribution in [3.63, 3.8) is 0 Å². The number of ether oxygens (including phenoxy) is 2. The zero-order chi connectivity index (χ0) is 16.3. The van der Waals surface area contributed by atoms with E-state index < -0.39 is 16.1 Å². The number of rotatable bonds is 7. The van der Waals surface area contributed by atoms with E-state index in [-0.39, 0.29) is 29.1 Å². The number of nitro benzene ring substituents is 2. The summed E-state index contributed by atoms with van der Waals surface area (Å²) in [5.74, 6) is 0. The molecule has 0 amide bonds. The summed E-state index contributed by atoms with van der Waals surface area (Å²) in [6, 6.07) is 2.46. The van der Waals surface area contributed by atoms with Crippen LogP contribution >= 0.6 is 0 Å². The normalized spacial score (nSPS) is 11.0. The van der Waals surface area contributed by atoms with Crippen LogP contribution in [0.15, 0.2) is 18.3 Å². The zero-order valence-electron chi connectivity index (χ0n) is 11.9. The molecule has 0 saturated carbocycles. The molecule has 2 N–H and O–H groups in total. The van der Waals surface area contributed by atoms with Crippen LogP contribution in [0, 0.1) is 20.2 Å². The van der Waals surface area contributed by atoms with Crippen LogP contribution in [0.1, 0.15) is 0 Å². The van der Waals surface area contributed by atoms with Crippen LogP contribution in [0.4, 0.5) is 17.1 Å². The molecule has 0 bridgehead atoms. The molecule has 0 aliphatic carbocycles. The van der Waals surface area contributed by atoms with Crippen LogP contribution in [0.2, 0.25) is 0 Å². The third kappa shape index (κ3) is 2.82. The Balaban J connectivity index is 2.54. The van der Waals surface area contributed by atoms with Crippen molar-refractivity contribution in [1.29, 1.82) is 0 Å². The number of nitro groups is 2. The second-order valence-electron chi connectivity index (χ2n) is 4.35. The molecule has 118 valence electrons. The van der Waals surface area contributed by atoms with Gasteiger partial charge in [0.2, 0.25) is 0 Å². The van der Waals surface area contributed by atoms with Gasteiger partial charge < -0.3 is 19.8 Å². The first-order valence-corrected chi connectivity index (χ1v) is 6.22. The fourth-order valence-corrected chi connectivity index (χ4v) is 2.12. The molecular weight excluding hydrogens is 296 g/mol. The van der Waals surface area contributed by atoms with Crippen molar-refractivity contribution >= 4 is 28.0 Å². The van der Waals surface area contributed by atoms with Crippen molar-refractivity contribution in [2.75, 3.05) is 26.1 Å². The number of non-ortho nitro benzene ring substituents is 1. The molecule has 0 unspecified atom stereocenters. The van der Waals surface area contributed by atoms with Gasteiger partial charge in [0.1, 0.15) is 11.2 Å². The van der Waals surface area contributed by atoms with E-state index >= 15 is 0 Å². The lowest BCUT2D eigenvalue weighted by Crippen LogP contribution is -2.24. The van der Waals surface area contributed by atoms with Crippen LogP contribution < -0.4 is 5.32 Å². The summed E-state index contributed by atoms with van der Waals surface area (Å²) in [5, 5.41) is 25.5. The van der Waals surface area contributed by atoms with E-state index in [9.17, 15) is 20.2 Å². The number of fused-ring (bicyclic) bond motifs is 1. The van der Waals surface area contributed by atoms with Crippen molar-refractivity contribution in [1.82, 2.24) is 4.98 Å². The molecule has 10 nitrogen and oxygen atoms in total. The first-order valence-electron chi connectivity index (χ1n) is 6.22. The van der Waals surface area contributed by atoms with Gasteiger partial charge in [-0.3, -0.25) is 20.2 Å². The number of hydrogen-bond donors (Lipinski definition) is 2. The van der Waals surface area contributed by atoms with Crippen LogP contribution in [0.25, 0.3) is 10.9 Å². The van der Waals surface area contributed by atoms with Gasteiger partial charge in [0, 0.05) is 25.8 Å². The highest BCUT2D eigenvalue weighted by Gasteiger charge is 2.26. The Kier molecular flexibility index (Phi) is 4.53. The first-order chi connectivity index (χ1) is 10.5. The third-order valence-electron chi connectivity index (χ3n) is 3.17. The number of nitrogens with zero attached hydrogens (tertiary/aromatic N) is 2. The maximum atomic E-state index is 11.2. The average molecular weight is 310 g/mol. The minimum Gasteiger partial charge on any atom is -0.374 e. The van der Waals surface area contributed by atoms with Crippen LogP contribution in [0.3, 0.4) is 0 Å². The Morgan fingerprint density at radius 1 is 1.23 bits per heavy atom. The summed E-state index contributed by atoms with van der Waals surface area (Å²) in [6.45, 7) is 0.145. The smallest absolute Gasteiger partial charge is 0.300 e. The number of aromatic nitrogens is 1. The number of nitrogens with one attached hydrogen (secondary N) is 2. The molecule has 0 saturated heterocycles. The quantitative estimate of drug-likeness (QED) is 0.454. The predicted octanol–water partition coefficient (Wildman–Crippen LogP) is 2.02. The highest BCUT2D eigenvalue weighted by atomic mass is 16.7. The molecule has 0 aliphatic heterocycles. The van der Waals surface area contributed by atoms with Crippen LogP contribution in [0.5, 0.6) is 0 Å². The van der Waals surface area contributed by atoms with Gasteiger partial charge >= 0.3 is 0 Å². The molecule has 2 aromatic rings. The second kappa shape index (κ2) is 6.37. The molecule has 22 heavy (non-hydrogen) atoms. The minimum atomic E-state index is -0.670. The largest absolute Gasteiger partial charge is 0.374 e. The molecule has 1 aromatic carbocycles. The third-order valence-corrected chi connectivity index (χ3v) is 3.17. The Hall–Kier alpha value is -2.72. The first kappa shape index (κ1) is 15.7. The molecule has 10 heteroatoms. The van der Waals surface area contributed by atoms with E-state index in [2.05, 4.69) is 10.3 Å². The Morgan fingerprint density at radius 2 is 1.86 bits per heavy atom. The van der Waals surface area contributed by atoms with Gasteiger partial charge in [-0.05, 0) is 6.07 Å². The van der Waals surface area contributed by atoms with Gasteiger partial charge in [0.25, 0.3) is 11.4 Å². The molecule has 0 atom stereocenters. The van der Waals surface area contributed by atoms with Gasteiger partial charge in [-0.2, -0.15) is 0 Å². The Labute approximate surface area is 124 Å². The monoisotopic (exact) mass is 310 g/mol. The van der Waals surface area contributed by atoms with Gasteiger partial charge in [-0.25, -0.2) is 0 Å². The number of benzene rings is 1. The summed E-state index contributed by atoms with van der Waals surface area (Å²) < 4.78 is 10.0. The van der Waals surface area contributed by atoms with Crippen molar-refractivity contribution < 1.29 is 19.3 Å². The highest BCUT2D eigenvalue weighted by Crippen LogP contribution is 2.38. The lowest BCUT2D eigenvalue weighted by atomic mass is 10.1. The van der Waals surface area contributed by atoms with E-state index in [0.29, 0.717) is 5.39 Å². The molecule has 0 radical (unpaired) electrons. The maximum absolute atomic E-state index is 11.2. The molecular formula is C12H14N4O6. The van der Waals surface area contributed by atoms with E-state index in [1.807, 2.05) is 0 Å². The summed E-state index contributed by atoms with van der Waals surface area (Å²) >= 11 is 0. The van der Waals surface area contributed by atoms with Crippen molar-refractivity contribution in [2.45, 2.75) is 6.29 Å². The molecule has 0 spiro atoms. The molecule has 1 aromatic heterocycles. The van der Waals surface area contributed by atoms with Crippen molar-refractivity contribution in [3.05, 3.63) is 38.6 Å². The highest BCUT2D eigenvalue weighted by molar-refractivity contribution is 6.02. The van der Waals surface area contributed by atoms with Crippen LogP contribution in [-0.2, 0) is 9.47 Å². The van der Waals surface area contributed by atoms with E-state index in [1.165, 1.54) is 26.5 Å². The number of H-pyrrole nitrogens is 1. The van der Waals surface area contributed by atoms with Crippen molar-refractivity contribution in [2.24, 2.45) is 0 Å². The molecule has 2 rings (SSSR count). The van der Waals surface area contributed by atoms with Crippen molar-refractivity contribution in [3.8, 4) is 0 Å². The molecule has 1 heterocycles. The Bertz CT molecular complexity index is 709. The maximum Gasteiger partial charge on any atom is 0.300 e. The number of hydrogen-bond acceptors (Lipinski definition) is 7. The Morgan fingerprint density at radius 3 is 2.41 bits per heavy atom. The minimum absolute atomic E-state index is 0.145. The average Bonchev–Trinajstić information content (AvgIpc) is 2.96. The fraction of sp³-hybridized carbons (Fsp3) is 0.333. The van der Waals surface area contributed by atoms with Gasteiger partial charge in [-0.15, -0.1) is 0 Å². The van der Waals surface area contributed by atoms with E-state index in [0.717, 1.165) is 6.07 Å². The van der Waals surface area contributed by atoms with Crippen LogP contribution in [-0.4, -0.2) is 41.9 Å². The second-order valence-corrected chi connectivity index (χ2v) is 4.35. The van der Waals surface area contributed by atoms with E-state index in [1.54, 1.807) is 0 Å². The molecule has 0 aliphatic rings. The topological polar surface area (TPSA) is 133 Å². The summed E-state index contributed by atoms with van der Waals surface area (Å²) in [4.78, 5) is 23.7. The lowest BCUT2D eigenvalue weighted by molar-refractivity contribution is -0.392. The number of aromatic amines is 1.